The molecule has 1 rings (SSSR count). The van der Waals surface area contributed by atoms with Crippen LogP contribution in [0.2, 0.25) is 5.02 Å². The molecule has 0 saturated carbocycles. The molecular formula is C11H9ClF2N2O4. The summed E-state index contributed by atoms with van der Waals surface area (Å²) in [6.07, 6.45) is -0.650. The Morgan fingerprint density at radius 3 is 2.35 bits per heavy atom. The van der Waals surface area contributed by atoms with Gasteiger partial charge in [-0.05, 0) is 12.1 Å². The molecule has 0 radical (unpaired) electrons. The molecule has 0 aliphatic heterocycles. The highest BCUT2D eigenvalue weighted by molar-refractivity contribution is 6.33. The maximum atomic E-state index is 13.0. The van der Waals surface area contributed by atoms with Gasteiger partial charge >= 0.3 is 5.97 Å². The summed E-state index contributed by atoms with van der Waals surface area (Å²) in [5, 5.41) is 10.3. The van der Waals surface area contributed by atoms with Gasteiger partial charge in [-0.2, -0.15) is 0 Å². The average Bonchev–Trinajstić information content (AvgIpc) is 2.32. The SMILES string of the molecule is NC(=O)C[C@H](NC(=O)c1cc(F)c(F)cc1Cl)C(=O)O. The summed E-state index contributed by atoms with van der Waals surface area (Å²) >= 11 is 5.56. The third kappa shape index (κ3) is 3.89. The van der Waals surface area contributed by atoms with E-state index in [-0.39, 0.29) is 0 Å². The summed E-state index contributed by atoms with van der Waals surface area (Å²) in [6.45, 7) is 0. The molecule has 0 fully saturated rings. The number of nitrogens with one attached hydrogen (secondary N) is 1. The molecule has 0 aliphatic carbocycles. The van der Waals surface area contributed by atoms with E-state index in [1.165, 1.54) is 0 Å². The van der Waals surface area contributed by atoms with Gasteiger partial charge < -0.3 is 16.2 Å². The lowest BCUT2D eigenvalue weighted by molar-refractivity contribution is -0.140. The molecule has 2 amide bonds. The average molecular weight is 307 g/mol. The number of halogens is 3. The fourth-order valence-electron chi connectivity index (χ4n) is 1.33. The van der Waals surface area contributed by atoms with Crippen molar-refractivity contribution in [3.05, 3.63) is 34.4 Å². The van der Waals surface area contributed by atoms with Gasteiger partial charge in [-0.15, -0.1) is 0 Å². The van der Waals surface area contributed by atoms with Crippen molar-refractivity contribution in [1.82, 2.24) is 5.32 Å². The highest BCUT2D eigenvalue weighted by atomic mass is 35.5. The van der Waals surface area contributed by atoms with E-state index in [1.54, 1.807) is 0 Å². The predicted molar refractivity (Wildman–Crippen MR) is 64.1 cm³/mol. The minimum Gasteiger partial charge on any atom is -0.480 e. The zero-order valence-corrected chi connectivity index (χ0v) is 10.6. The molecule has 0 spiro atoms. The number of amides is 2. The molecule has 1 aromatic carbocycles. The quantitative estimate of drug-likeness (QED) is 0.695. The smallest absolute Gasteiger partial charge is 0.326 e. The Kier molecular flexibility index (Phi) is 4.98. The van der Waals surface area contributed by atoms with Crippen LogP contribution >= 0.6 is 11.6 Å². The van der Waals surface area contributed by atoms with Gasteiger partial charge in [0, 0.05) is 0 Å². The molecule has 9 heteroatoms. The molecule has 0 heterocycles. The van der Waals surface area contributed by atoms with Crippen molar-refractivity contribution < 1.29 is 28.3 Å². The van der Waals surface area contributed by atoms with E-state index in [2.05, 4.69) is 0 Å². The number of benzene rings is 1. The van der Waals surface area contributed by atoms with Crippen LogP contribution in [-0.2, 0) is 9.59 Å². The van der Waals surface area contributed by atoms with Crippen molar-refractivity contribution in [2.75, 3.05) is 0 Å². The molecule has 4 N–H and O–H groups in total. The minimum absolute atomic E-state index is 0.399. The molecule has 0 unspecified atom stereocenters. The van der Waals surface area contributed by atoms with Crippen LogP contribution in [0, 0.1) is 11.6 Å². The first-order valence-electron chi connectivity index (χ1n) is 5.19. The minimum atomic E-state index is -1.59. The Bertz CT molecular complexity index is 580. The maximum absolute atomic E-state index is 13.0. The number of aliphatic carboxylic acids is 1. The van der Waals surface area contributed by atoms with Crippen molar-refractivity contribution in [2.45, 2.75) is 12.5 Å². The van der Waals surface area contributed by atoms with Crippen molar-refractivity contribution in [2.24, 2.45) is 5.73 Å². The molecule has 6 nitrogen and oxygen atoms in total. The molecule has 0 aliphatic rings. The Balaban J connectivity index is 2.97. The highest BCUT2D eigenvalue weighted by Crippen LogP contribution is 2.20. The molecule has 108 valence electrons. The largest absolute Gasteiger partial charge is 0.480 e. The number of carbonyl (C=O) groups excluding carboxylic acids is 2. The van der Waals surface area contributed by atoms with E-state index in [9.17, 15) is 23.2 Å². The Morgan fingerprint density at radius 2 is 1.85 bits per heavy atom. The van der Waals surface area contributed by atoms with Gasteiger partial charge in [0.2, 0.25) is 5.91 Å². The van der Waals surface area contributed by atoms with Crippen LogP contribution in [-0.4, -0.2) is 28.9 Å². The second kappa shape index (κ2) is 6.29. The van der Waals surface area contributed by atoms with Gasteiger partial charge in [0.1, 0.15) is 6.04 Å². The third-order valence-electron chi connectivity index (χ3n) is 2.26. The van der Waals surface area contributed by atoms with Crippen LogP contribution in [0.3, 0.4) is 0 Å². The number of primary amides is 1. The van der Waals surface area contributed by atoms with Crippen LogP contribution in [0.25, 0.3) is 0 Å². The first-order chi connectivity index (χ1) is 9.22. The molecular weight excluding hydrogens is 298 g/mol. The standard InChI is InChI=1S/C11H9ClF2N2O4/c12-5-2-7(14)6(13)1-4(5)10(18)16-8(11(19)20)3-9(15)17/h1-2,8H,3H2,(H2,15,17)(H,16,18)(H,19,20)/t8-/m0/s1. The second-order valence-corrected chi connectivity index (χ2v) is 4.19. The summed E-state index contributed by atoms with van der Waals surface area (Å²) in [5.41, 5.74) is 4.37. The maximum Gasteiger partial charge on any atom is 0.326 e. The number of hydrogen-bond donors (Lipinski definition) is 3. The first-order valence-corrected chi connectivity index (χ1v) is 5.56. The summed E-state index contributed by atoms with van der Waals surface area (Å²) in [4.78, 5) is 33.2. The first kappa shape index (κ1) is 15.8. The zero-order valence-electron chi connectivity index (χ0n) is 9.82. The van der Waals surface area contributed by atoms with Crippen LogP contribution in [0.4, 0.5) is 8.78 Å². The molecule has 0 saturated heterocycles. The van der Waals surface area contributed by atoms with E-state index >= 15 is 0 Å². The fourth-order valence-corrected chi connectivity index (χ4v) is 1.57. The van der Waals surface area contributed by atoms with Crippen LogP contribution < -0.4 is 11.1 Å². The zero-order chi connectivity index (χ0) is 15.4. The Hall–Kier alpha value is -2.22. The number of rotatable bonds is 5. The number of carbonyl (C=O) groups is 3. The highest BCUT2D eigenvalue weighted by Gasteiger charge is 2.24. The molecule has 20 heavy (non-hydrogen) atoms. The lowest BCUT2D eigenvalue weighted by Crippen LogP contribution is -2.43. The van der Waals surface area contributed by atoms with Crippen molar-refractivity contribution >= 4 is 29.4 Å². The van der Waals surface area contributed by atoms with Crippen LogP contribution in [0.15, 0.2) is 12.1 Å². The van der Waals surface area contributed by atoms with Gasteiger partial charge in [-0.3, -0.25) is 9.59 Å². The van der Waals surface area contributed by atoms with E-state index in [0.717, 1.165) is 0 Å². The van der Waals surface area contributed by atoms with Gasteiger partial charge in [-0.1, -0.05) is 11.6 Å². The molecule has 0 aromatic heterocycles. The number of carboxylic acids is 1. The summed E-state index contributed by atoms with van der Waals surface area (Å²) in [5.74, 6) is -6.09. The number of carboxylic acid groups (broad SMARTS) is 1. The normalized spacial score (nSPS) is 11.8. The third-order valence-corrected chi connectivity index (χ3v) is 2.58. The Labute approximate surface area is 116 Å². The second-order valence-electron chi connectivity index (χ2n) is 3.78. The van der Waals surface area contributed by atoms with E-state index < -0.39 is 52.5 Å². The van der Waals surface area contributed by atoms with Gasteiger partial charge in [0.05, 0.1) is 17.0 Å². The van der Waals surface area contributed by atoms with Gasteiger partial charge in [0.15, 0.2) is 11.6 Å². The Morgan fingerprint density at radius 1 is 1.30 bits per heavy atom. The van der Waals surface area contributed by atoms with E-state index in [0.29, 0.717) is 12.1 Å². The summed E-state index contributed by atoms with van der Waals surface area (Å²) in [6, 6.07) is -0.490. The van der Waals surface area contributed by atoms with Gasteiger partial charge in [-0.25, -0.2) is 13.6 Å². The number of nitrogens with two attached hydrogens (primary N) is 1. The summed E-state index contributed by atoms with van der Waals surface area (Å²) in [7, 11) is 0. The van der Waals surface area contributed by atoms with Crippen LogP contribution in [0.5, 0.6) is 0 Å². The van der Waals surface area contributed by atoms with E-state index in [1.807, 2.05) is 5.32 Å². The molecule has 0 bridgehead atoms. The van der Waals surface area contributed by atoms with Crippen LogP contribution in [0.1, 0.15) is 16.8 Å². The molecule has 1 atom stereocenters. The van der Waals surface area contributed by atoms with E-state index in [4.69, 9.17) is 22.4 Å². The van der Waals surface area contributed by atoms with Gasteiger partial charge in [0.25, 0.3) is 5.91 Å². The lowest BCUT2D eigenvalue weighted by Gasteiger charge is -2.13. The molecule has 1 aromatic rings. The van der Waals surface area contributed by atoms with Crippen molar-refractivity contribution in [3.8, 4) is 0 Å². The predicted octanol–water partition coefficient (Wildman–Crippen LogP) is 0.677. The monoisotopic (exact) mass is 306 g/mol. The van der Waals surface area contributed by atoms with Crippen molar-refractivity contribution in [1.29, 1.82) is 0 Å². The topological polar surface area (TPSA) is 109 Å². The fraction of sp³-hybridized carbons (Fsp3) is 0.182. The van der Waals surface area contributed by atoms with Crippen molar-refractivity contribution in [3.63, 3.8) is 0 Å². The summed E-state index contributed by atoms with van der Waals surface area (Å²) < 4.78 is 25.9. The number of hydrogen-bond acceptors (Lipinski definition) is 3. The lowest BCUT2D eigenvalue weighted by atomic mass is 10.1.